The molecule has 1 aliphatic heterocycles. The Morgan fingerprint density at radius 3 is 2.20 bits per heavy atom. The van der Waals surface area contributed by atoms with E-state index in [0.29, 0.717) is 31.4 Å². The lowest BCUT2D eigenvalue weighted by Gasteiger charge is -2.37. The van der Waals surface area contributed by atoms with Gasteiger partial charge < -0.3 is 25.7 Å². The normalized spacial score (nSPS) is 17.6. The van der Waals surface area contributed by atoms with Crippen molar-refractivity contribution in [2.24, 2.45) is 17.8 Å². The first-order valence-electron chi connectivity index (χ1n) is 18.4. The second-order valence-corrected chi connectivity index (χ2v) is 15.4. The predicted octanol–water partition coefficient (Wildman–Crippen LogP) is 5.66. The molecule has 12 nitrogen and oxygen atoms in total. The summed E-state index contributed by atoms with van der Waals surface area (Å²) in [5.41, 5.74) is 1.33. The number of piperidine rings is 1. The van der Waals surface area contributed by atoms with E-state index in [0.717, 1.165) is 42.8 Å². The van der Waals surface area contributed by atoms with Gasteiger partial charge in [0.2, 0.25) is 11.8 Å². The lowest BCUT2D eigenvalue weighted by Crippen LogP contribution is -2.57. The van der Waals surface area contributed by atoms with Crippen LogP contribution in [0.2, 0.25) is 0 Å². The highest BCUT2D eigenvalue weighted by atomic mass is 32.1. The van der Waals surface area contributed by atoms with E-state index in [4.69, 9.17) is 9.90 Å². The molecule has 1 aliphatic rings. The molecule has 0 saturated carbocycles. The number of carbonyl (C=O) groups is 5. The second-order valence-electron chi connectivity index (χ2n) is 14.4. The first kappa shape index (κ1) is 46.1. The number of hydrogen-bond acceptors (Lipinski definition) is 8. The number of halogens is 3. The molecular formula is C38H56F3N5O7S. The van der Waals surface area contributed by atoms with E-state index >= 15 is 0 Å². The maximum Gasteiger partial charge on any atom is 0.490 e. The van der Waals surface area contributed by atoms with Gasteiger partial charge in [0.25, 0.3) is 5.91 Å². The molecule has 0 aliphatic carbocycles. The highest BCUT2D eigenvalue weighted by molar-refractivity contribution is 7.09. The largest absolute Gasteiger partial charge is 0.490 e. The van der Waals surface area contributed by atoms with Gasteiger partial charge in [0, 0.05) is 30.9 Å². The van der Waals surface area contributed by atoms with Crippen molar-refractivity contribution in [3.05, 3.63) is 52.0 Å². The molecule has 54 heavy (non-hydrogen) atoms. The molecule has 1 fully saturated rings. The van der Waals surface area contributed by atoms with Crippen LogP contribution in [0.4, 0.5) is 13.2 Å². The van der Waals surface area contributed by atoms with Crippen molar-refractivity contribution < 1.29 is 47.4 Å². The first-order chi connectivity index (χ1) is 25.3. The summed E-state index contributed by atoms with van der Waals surface area (Å²) in [7, 11) is 3.80. The lowest BCUT2D eigenvalue weighted by atomic mass is 9.93. The van der Waals surface area contributed by atoms with Crippen LogP contribution in [0.1, 0.15) is 94.2 Å². The second kappa shape index (κ2) is 21.7. The van der Waals surface area contributed by atoms with Crippen LogP contribution >= 0.6 is 11.3 Å². The number of thiazole rings is 1. The summed E-state index contributed by atoms with van der Waals surface area (Å²) >= 11 is 1.41. The third kappa shape index (κ3) is 14.6. The van der Waals surface area contributed by atoms with Crippen molar-refractivity contribution >= 4 is 41.0 Å². The number of hydrogen-bond donors (Lipinski definition) is 4. The van der Waals surface area contributed by atoms with E-state index in [1.54, 1.807) is 17.2 Å². The number of likely N-dealkylation sites (N-methyl/N-ethyl adjacent to an activating group) is 2. The van der Waals surface area contributed by atoms with Gasteiger partial charge in [-0.25, -0.2) is 9.78 Å². The van der Waals surface area contributed by atoms with Crippen molar-refractivity contribution in [1.82, 2.24) is 25.4 Å². The average molecular weight is 784 g/mol. The van der Waals surface area contributed by atoms with E-state index in [9.17, 15) is 37.5 Å². The number of carbonyl (C=O) groups excluding carboxylic acids is 3. The number of aryl methyl sites for hydroxylation is 1. The number of rotatable bonds is 17. The number of carboxylic acid groups (broad SMARTS) is 2. The van der Waals surface area contributed by atoms with Gasteiger partial charge in [0.1, 0.15) is 11.7 Å². The average Bonchev–Trinajstić information content (AvgIpc) is 3.59. The van der Waals surface area contributed by atoms with Crippen molar-refractivity contribution in [1.29, 1.82) is 0 Å². The van der Waals surface area contributed by atoms with Crippen LogP contribution in [-0.4, -0.2) is 106 Å². The van der Waals surface area contributed by atoms with Gasteiger partial charge >= 0.3 is 18.1 Å². The highest BCUT2D eigenvalue weighted by Gasteiger charge is 2.38. The molecule has 2 aromatic rings. The number of amides is 3. The van der Waals surface area contributed by atoms with Gasteiger partial charge in [0.05, 0.1) is 17.0 Å². The van der Waals surface area contributed by atoms with Gasteiger partial charge in [-0.2, -0.15) is 13.2 Å². The minimum atomic E-state index is -5.08. The topological polar surface area (TPSA) is 169 Å². The number of carboxylic acids is 2. The van der Waals surface area contributed by atoms with Crippen LogP contribution in [0.5, 0.6) is 0 Å². The molecule has 0 radical (unpaired) electrons. The number of benzene rings is 1. The SMILES string of the molecule is CC[C@H](C)[C@H](NC(=O)[C@H]1CCCCN1C)C(=O)N(C)[C@H](CCc1nc(C(=O)N[C@@H](Cc2ccccc2)C[C@H](C)C(=O)O)cs1)C(C)C.O=C(O)C(F)(F)F. The summed E-state index contributed by atoms with van der Waals surface area (Å²) in [6, 6.07) is 8.45. The Kier molecular flexibility index (Phi) is 18.6. The smallest absolute Gasteiger partial charge is 0.481 e. The Morgan fingerprint density at radius 1 is 1.04 bits per heavy atom. The number of nitrogens with zero attached hydrogens (tertiary/aromatic N) is 3. The zero-order chi connectivity index (χ0) is 40.7. The van der Waals surface area contributed by atoms with Crippen molar-refractivity contribution in [3.8, 4) is 0 Å². The van der Waals surface area contributed by atoms with Crippen LogP contribution < -0.4 is 10.6 Å². The third-order valence-electron chi connectivity index (χ3n) is 9.87. The molecule has 6 atom stereocenters. The summed E-state index contributed by atoms with van der Waals surface area (Å²) in [4.78, 5) is 69.4. The molecule has 0 bridgehead atoms. The Hall–Kier alpha value is -4.05. The van der Waals surface area contributed by atoms with Crippen LogP contribution in [0.15, 0.2) is 35.7 Å². The Bertz CT molecular complexity index is 1520. The molecule has 1 saturated heterocycles. The molecule has 1 aromatic carbocycles. The molecule has 0 spiro atoms. The fourth-order valence-corrected chi connectivity index (χ4v) is 7.17. The van der Waals surface area contributed by atoms with Crippen molar-refractivity contribution in [2.45, 2.75) is 116 Å². The predicted molar refractivity (Wildman–Crippen MR) is 200 cm³/mol. The van der Waals surface area contributed by atoms with Crippen molar-refractivity contribution in [3.63, 3.8) is 0 Å². The van der Waals surface area contributed by atoms with E-state index in [1.807, 2.05) is 58.3 Å². The summed E-state index contributed by atoms with van der Waals surface area (Å²) in [6.45, 7) is 10.8. The molecule has 2 heterocycles. The molecule has 16 heteroatoms. The lowest BCUT2D eigenvalue weighted by molar-refractivity contribution is -0.192. The zero-order valence-corrected chi connectivity index (χ0v) is 33.0. The molecule has 4 N–H and O–H groups in total. The zero-order valence-electron chi connectivity index (χ0n) is 32.2. The summed E-state index contributed by atoms with van der Waals surface area (Å²) in [5, 5.41) is 25.3. The minimum Gasteiger partial charge on any atom is -0.481 e. The standard InChI is InChI=1S/C36H55N5O5S.C2HF3O2/c1-8-24(4)32(39-34(43)30-16-12-13-19-40(30)6)35(44)41(7)29(23(2)3)17-18-31-38-28(22-47-31)33(42)37-27(20-25(5)36(45)46)21-26-14-10-9-11-15-26;3-2(4,5)1(6)7/h9-11,14-15,22-25,27,29-30,32H,8,12-13,16-21H2,1-7H3,(H,37,42)(H,39,43)(H,45,46);(H,6,7)/t24-,25-,27+,29+,30+,32-;/m0./s1. The Morgan fingerprint density at radius 2 is 1.67 bits per heavy atom. The number of likely N-dealkylation sites (tertiary alicyclic amines) is 1. The highest BCUT2D eigenvalue weighted by Crippen LogP contribution is 2.23. The molecule has 0 unspecified atom stereocenters. The van der Waals surface area contributed by atoms with E-state index in [2.05, 4.69) is 34.4 Å². The van der Waals surface area contributed by atoms with Crippen molar-refractivity contribution in [2.75, 3.05) is 20.6 Å². The fourth-order valence-electron chi connectivity index (χ4n) is 6.38. The molecule has 302 valence electrons. The maximum absolute atomic E-state index is 13.9. The van der Waals surface area contributed by atoms with Crippen LogP contribution in [0, 0.1) is 17.8 Å². The monoisotopic (exact) mass is 783 g/mol. The fraction of sp³-hybridized carbons (Fsp3) is 0.632. The Labute approximate surface area is 319 Å². The van der Waals surface area contributed by atoms with Crippen LogP contribution in [0.3, 0.4) is 0 Å². The van der Waals surface area contributed by atoms with Crippen LogP contribution in [0.25, 0.3) is 0 Å². The van der Waals surface area contributed by atoms with Gasteiger partial charge in [-0.15, -0.1) is 11.3 Å². The van der Waals surface area contributed by atoms with Gasteiger partial charge in [-0.05, 0) is 63.1 Å². The quantitative estimate of drug-likeness (QED) is 0.158. The van der Waals surface area contributed by atoms with Crippen LogP contribution in [-0.2, 0) is 32.0 Å². The Balaban J connectivity index is 0.00000131. The molecular weight excluding hydrogens is 728 g/mol. The van der Waals surface area contributed by atoms with Gasteiger partial charge in [0.15, 0.2) is 0 Å². The van der Waals surface area contributed by atoms with Gasteiger partial charge in [-0.1, -0.05) is 77.8 Å². The van der Waals surface area contributed by atoms with E-state index < -0.39 is 30.1 Å². The first-order valence-corrected chi connectivity index (χ1v) is 19.2. The minimum absolute atomic E-state index is 0.0140. The number of nitrogens with one attached hydrogen (secondary N) is 2. The number of aliphatic carboxylic acids is 2. The third-order valence-corrected chi connectivity index (χ3v) is 10.8. The number of alkyl halides is 3. The molecule has 3 amide bonds. The summed E-state index contributed by atoms with van der Waals surface area (Å²) in [5.74, 6) is -4.58. The van der Waals surface area contributed by atoms with E-state index in [-0.39, 0.29) is 47.7 Å². The summed E-state index contributed by atoms with van der Waals surface area (Å²) < 4.78 is 31.7. The maximum atomic E-state index is 13.9. The molecule has 1 aromatic heterocycles. The summed E-state index contributed by atoms with van der Waals surface area (Å²) in [6.07, 6.45) is 0.658. The van der Waals surface area contributed by atoms with E-state index in [1.165, 1.54) is 11.3 Å². The van der Waals surface area contributed by atoms with Gasteiger partial charge in [-0.3, -0.25) is 24.1 Å². The number of aromatic nitrogens is 1. The molecule has 3 rings (SSSR count).